The Morgan fingerprint density at radius 2 is 1.56 bits per heavy atom. The summed E-state index contributed by atoms with van der Waals surface area (Å²) in [6.45, 7) is 9.59. The van der Waals surface area contributed by atoms with Gasteiger partial charge in [-0.1, -0.05) is 34.6 Å². The molecule has 0 saturated heterocycles. The number of rotatable bonds is 7. The first kappa shape index (κ1) is 16.7. The fraction of sp³-hybridized carbons (Fsp3) is 0.846. The molecule has 0 unspecified atom stereocenters. The number of hydrogen-bond acceptors (Lipinski definition) is 2. The van der Waals surface area contributed by atoms with E-state index in [1.54, 1.807) is 13.8 Å². The molecule has 0 radical (unpaired) electrons. The van der Waals surface area contributed by atoms with Gasteiger partial charge in [-0.25, -0.2) is 9.59 Å². The highest BCUT2D eigenvalue weighted by Crippen LogP contribution is 2.19. The van der Waals surface area contributed by atoms with Crippen LogP contribution in [-0.2, 0) is 4.79 Å². The van der Waals surface area contributed by atoms with Gasteiger partial charge in [-0.3, -0.25) is 0 Å². The van der Waals surface area contributed by atoms with Gasteiger partial charge in [-0.2, -0.15) is 0 Å². The topological polar surface area (TPSA) is 78.4 Å². The molecule has 0 aromatic rings. The Bertz CT molecular complexity index is 278. The van der Waals surface area contributed by atoms with Crippen LogP contribution in [0.1, 0.15) is 53.9 Å². The van der Waals surface area contributed by atoms with Gasteiger partial charge in [0, 0.05) is 5.54 Å². The van der Waals surface area contributed by atoms with Crippen molar-refractivity contribution in [3.8, 4) is 0 Å². The minimum atomic E-state index is -1.00. The first-order chi connectivity index (χ1) is 8.31. The number of carboxylic acids is 1. The maximum Gasteiger partial charge on any atom is 0.326 e. The second kappa shape index (κ2) is 7.24. The number of carbonyl (C=O) groups excluding carboxylic acids is 1. The molecule has 0 aliphatic carbocycles. The lowest BCUT2D eigenvalue weighted by atomic mass is 9.90. The van der Waals surface area contributed by atoms with Crippen molar-refractivity contribution in [1.29, 1.82) is 0 Å². The number of nitrogens with one attached hydrogen (secondary N) is 2. The lowest BCUT2D eigenvalue weighted by Gasteiger charge is -2.32. The number of urea groups is 1. The van der Waals surface area contributed by atoms with E-state index in [2.05, 4.69) is 10.6 Å². The molecule has 0 bridgehead atoms. The van der Waals surface area contributed by atoms with Gasteiger partial charge >= 0.3 is 12.0 Å². The molecule has 0 aromatic heterocycles. The first-order valence-corrected chi connectivity index (χ1v) is 6.63. The molecule has 0 fully saturated rings. The SMILES string of the molecule is CCC(CC)(CC)NC(=O)N[C@H](C(=O)O)C(C)C. The number of carbonyl (C=O) groups is 2. The van der Waals surface area contributed by atoms with Gasteiger partial charge < -0.3 is 15.7 Å². The van der Waals surface area contributed by atoms with Crippen LogP contribution in [0, 0.1) is 5.92 Å². The number of hydrogen-bond donors (Lipinski definition) is 3. The molecule has 5 nitrogen and oxygen atoms in total. The monoisotopic (exact) mass is 258 g/mol. The van der Waals surface area contributed by atoms with Crippen LogP contribution in [0.3, 0.4) is 0 Å². The summed E-state index contributed by atoms with van der Waals surface area (Å²) < 4.78 is 0. The van der Waals surface area contributed by atoms with Crippen LogP contribution in [0.15, 0.2) is 0 Å². The van der Waals surface area contributed by atoms with Gasteiger partial charge in [-0.15, -0.1) is 0 Å². The summed E-state index contributed by atoms with van der Waals surface area (Å²) in [4.78, 5) is 22.9. The summed E-state index contributed by atoms with van der Waals surface area (Å²) >= 11 is 0. The Morgan fingerprint density at radius 1 is 1.11 bits per heavy atom. The number of amides is 2. The van der Waals surface area contributed by atoms with E-state index in [0.717, 1.165) is 19.3 Å². The van der Waals surface area contributed by atoms with Crippen molar-refractivity contribution in [3.05, 3.63) is 0 Å². The van der Waals surface area contributed by atoms with Gasteiger partial charge in [0.05, 0.1) is 0 Å². The molecular formula is C13H26N2O3. The highest BCUT2D eigenvalue weighted by molar-refractivity contribution is 5.83. The largest absolute Gasteiger partial charge is 0.480 e. The molecule has 0 spiro atoms. The summed E-state index contributed by atoms with van der Waals surface area (Å²) in [7, 11) is 0. The van der Waals surface area contributed by atoms with E-state index in [-0.39, 0.29) is 11.5 Å². The fourth-order valence-electron chi connectivity index (χ4n) is 1.95. The zero-order valence-corrected chi connectivity index (χ0v) is 12.0. The zero-order valence-electron chi connectivity index (χ0n) is 12.0. The van der Waals surface area contributed by atoms with Crippen LogP contribution in [-0.4, -0.2) is 28.7 Å². The van der Waals surface area contributed by atoms with Gasteiger partial charge in [0.1, 0.15) is 6.04 Å². The van der Waals surface area contributed by atoms with Crippen molar-refractivity contribution < 1.29 is 14.7 Å². The van der Waals surface area contributed by atoms with Gasteiger partial charge in [0.25, 0.3) is 0 Å². The van der Waals surface area contributed by atoms with Crippen LogP contribution in [0.25, 0.3) is 0 Å². The van der Waals surface area contributed by atoms with Crippen LogP contribution in [0.5, 0.6) is 0 Å². The number of aliphatic carboxylic acids is 1. The summed E-state index contributed by atoms with van der Waals surface area (Å²) in [5, 5.41) is 14.5. The molecule has 0 rings (SSSR count). The minimum Gasteiger partial charge on any atom is -0.480 e. The second-order valence-corrected chi connectivity index (χ2v) is 5.00. The lowest BCUT2D eigenvalue weighted by molar-refractivity contribution is -0.140. The molecule has 0 saturated carbocycles. The second-order valence-electron chi connectivity index (χ2n) is 5.00. The normalized spacial score (nSPS) is 13.2. The lowest BCUT2D eigenvalue weighted by Crippen LogP contribution is -2.55. The molecular weight excluding hydrogens is 232 g/mol. The van der Waals surface area contributed by atoms with Crippen molar-refractivity contribution in [2.45, 2.75) is 65.5 Å². The van der Waals surface area contributed by atoms with Crippen LogP contribution in [0.2, 0.25) is 0 Å². The van der Waals surface area contributed by atoms with E-state index in [4.69, 9.17) is 5.11 Å². The molecule has 5 heteroatoms. The summed E-state index contributed by atoms with van der Waals surface area (Å²) in [6, 6.07) is -1.25. The van der Waals surface area contributed by atoms with Gasteiger partial charge in [0.2, 0.25) is 0 Å². The molecule has 0 aliphatic rings. The average molecular weight is 258 g/mol. The minimum absolute atomic E-state index is 0.146. The summed E-state index contributed by atoms with van der Waals surface area (Å²) in [6.07, 6.45) is 2.48. The predicted molar refractivity (Wildman–Crippen MR) is 71.5 cm³/mol. The van der Waals surface area contributed by atoms with Gasteiger partial charge in [-0.05, 0) is 25.2 Å². The molecule has 0 heterocycles. The standard InChI is InChI=1S/C13H26N2O3/c1-6-13(7-2,8-3)15-12(18)14-10(9(4)5)11(16)17/h9-10H,6-8H2,1-5H3,(H,16,17)(H2,14,15,18)/t10-/m0/s1. The van der Waals surface area contributed by atoms with Crippen molar-refractivity contribution in [2.24, 2.45) is 5.92 Å². The third kappa shape index (κ3) is 4.55. The van der Waals surface area contributed by atoms with Crippen molar-refractivity contribution in [2.75, 3.05) is 0 Å². The third-order valence-electron chi connectivity index (χ3n) is 3.63. The fourth-order valence-corrected chi connectivity index (χ4v) is 1.95. The van der Waals surface area contributed by atoms with Crippen LogP contribution in [0.4, 0.5) is 4.79 Å². The Balaban J connectivity index is 4.62. The molecule has 18 heavy (non-hydrogen) atoms. The van der Waals surface area contributed by atoms with E-state index in [0.29, 0.717) is 0 Å². The molecule has 0 aliphatic heterocycles. The average Bonchev–Trinajstić information content (AvgIpc) is 2.32. The molecule has 0 aromatic carbocycles. The van der Waals surface area contributed by atoms with E-state index < -0.39 is 18.0 Å². The van der Waals surface area contributed by atoms with E-state index in [1.807, 2.05) is 20.8 Å². The smallest absolute Gasteiger partial charge is 0.326 e. The molecule has 3 N–H and O–H groups in total. The quantitative estimate of drug-likeness (QED) is 0.656. The third-order valence-corrected chi connectivity index (χ3v) is 3.63. The number of carboxylic acid groups (broad SMARTS) is 1. The van der Waals surface area contributed by atoms with Gasteiger partial charge in [0.15, 0.2) is 0 Å². The van der Waals surface area contributed by atoms with Crippen LogP contribution < -0.4 is 10.6 Å². The zero-order chi connectivity index (χ0) is 14.3. The van der Waals surface area contributed by atoms with Crippen molar-refractivity contribution >= 4 is 12.0 Å². The summed E-state index contributed by atoms with van der Waals surface area (Å²) in [5.41, 5.74) is -0.246. The predicted octanol–water partition coefficient (Wildman–Crippen LogP) is 2.36. The van der Waals surface area contributed by atoms with Crippen molar-refractivity contribution in [3.63, 3.8) is 0 Å². The first-order valence-electron chi connectivity index (χ1n) is 6.63. The Labute approximate surface area is 109 Å². The van der Waals surface area contributed by atoms with E-state index in [1.165, 1.54) is 0 Å². The maximum atomic E-state index is 11.9. The highest BCUT2D eigenvalue weighted by Gasteiger charge is 2.29. The van der Waals surface area contributed by atoms with Crippen LogP contribution >= 0.6 is 0 Å². The van der Waals surface area contributed by atoms with Crippen molar-refractivity contribution in [1.82, 2.24) is 10.6 Å². The molecule has 2 amide bonds. The van der Waals surface area contributed by atoms with E-state index >= 15 is 0 Å². The summed E-state index contributed by atoms with van der Waals surface area (Å²) in [5.74, 6) is -1.15. The highest BCUT2D eigenvalue weighted by atomic mass is 16.4. The Morgan fingerprint density at radius 3 is 1.83 bits per heavy atom. The van der Waals surface area contributed by atoms with E-state index in [9.17, 15) is 9.59 Å². The molecule has 106 valence electrons. The Kier molecular flexibility index (Phi) is 6.73. The maximum absolute atomic E-state index is 11.9. The Hall–Kier alpha value is -1.26. The molecule has 1 atom stereocenters.